The van der Waals surface area contributed by atoms with E-state index in [4.69, 9.17) is 0 Å². The molecule has 0 radical (unpaired) electrons. The van der Waals surface area contributed by atoms with Gasteiger partial charge in [0.1, 0.15) is 17.4 Å². The van der Waals surface area contributed by atoms with Gasteiger partial charge in [-0.05, 0) is 65.7 Å². The number of nitrogens with one attached hydrogen (secondary N) is 1. The molecule has 6 aromatic rings. The molecule has 1 saturated heterocycles. The lowest BCUT2D eigenvalue weighted by Gasteiger charge is -2.49. The van der Waals surface area contributed by atoms with E-state index in [1.54, 1.807) is 12.4 Å². The maximum atomic E-state index is 15.2. The van der Waals surface area contributed by atoms with Gasteiger partial charge in [-0.15, -0.1) is 0 Å². The molecular weight excluding hydrogens is 554 g/mol. The van der Waals surface area contributed by atoms with Crippen molar-refractivity contribution in [3.05, 3.63) is 157 Å². The van der Waals surface area contributed by atoms with Crippen LogP contribution in [0.1, 0.15) is 12.8 Å². The molecular formula is C39H35N5O. The number of aromatic nitrogens is 2. The number of rotatable bonds is 8. The van der Waals surface area contributed by atoms with E-state index in [0.29, 0.717) is 5.82 Å². The first-order valence-electron chi connectivity index (χ1n) is 15.5. The summed E-state index contributed by atoms with van der Waals surface area (Å²) >= 11 is 0. The molecule has 0 saturated carbocycles. The Hall–Kier alpha value is -5.14. The molecule has 0 bridgehead atoms. The predicted molar refractivity (Wildman–Crippen MR) is 185 cm³/mol. The fourth-order valence-electron chi connectivity index (χ4n) is 6.30. The Bertz CT molecular complexity index is 1770. The molecule has 1 atom stereocenters. The van der Waals surface area contributed by atoms with E-state index in [9.17, 15) is 0 Å². The average Bonchev–Trinajstić information content (AvgIpc) is 3.13. The van der Waals surface area contributed by atoms with Crippen molar-refractivity contribution in [3.8, 4) is 22.5 Å². The maximum Gasteiger partial charge on any atom is 0.159 e. The number of para-hydroxylation sites is 2. The summed E-state index contributed by atoms with van der Waals surface area (Å²) in [5, 5.41) is 18.6. The molecule has 6 nitrogen and oxygen atoms in total. The Morgan fingerprint density at radius 1 is 0.533 bits per heavy atom. The first kappa shape index (κ1) is 28.6. The van der Waals surface area contributed by atoms with Gasteiger partial charge in [-0.25, -0.2) is 9.97 Å². The van der Waals surface area contributed by atoms with Crippen LogP contribution in [0.4, 0.5) is 28.4 Å². The van der Waals surface area contributed by atoms with Gasteiger partial charge in [0.25, 0.3) is 0 Å². The highest BCUT2D eigenvalue weighted by Gasteiger charge is 2.35. The number of hydrogen-bond donors (Lipinski definition) is 1. The molecule has 6 heteroatoms. The molecule has 1 aliphatic heterocycles. The molecule has 0 amide bonds. The Balaban J connectivity index is 1.22. The highest BCUT2D eigenvalue weighted by molar-refractivity contribution is 5.78. The van der Waals surface area contributed by atoms with Crippen LogP contribution in [-0.2, 0) is 0 Å². The normalized spacial score (nSPS) is 14.9. The van der Waals surface area contributed by atoms with Gasteiger partial charge in [0.05, 0.1) is 0 Å². The second kappa shape index (κ2) is 12.8. The Labute approximate surface area is 264 Å². The maximum absolute atomic E-state index is 15.2. The highest BCUT2D eigenvalue weighted by Crippen LogP contribution is 2.42. The third-order valence-electron chi connectivity index (χ3n) is 8.64. The fourth-order valence-corrected chi connectivity index (χ4v) is 6.30. The first-order valence-corrected chi connectivity index (χ1v) is 15.5. The molecule has 45 heavy (non-hydrogen) atoms. The van der Waals surface area contributed by atoms with Gasteiger partial charge in [0, 0.05) is 85.2 Å². The van der Waals surface area contributed by atoms with Crippen LogP contribution in [0.2, 0.25) is 0 Å². The summed E-state index contributed by atoms with van der Waals surface area (Å²) in [5.41, 5.74) is 7.75. The van der Waals surface area contributed by atoms with E-state index in [1.165, 1.54) is 0 Å². The number of quaternary nitrogens is 1. The first-order chi connectivity index (χ1) is 22.2. The van der Waals surface area contributed by atoms with Crippen molar-refractivity contribution in [1.29, 1.82) is 0 Å². The molecule has 5 aromatic carbocycles. The van der Waals surface area contributed by atoms with Crippen molar-refractivity contribution in [3.63, 3.8) is 0 Å². The zero-order chi connectivity index (χ0) is 30.5. The molecule has 7 rings (SSSR count). The number of benzene rings is 5. The molecule has 1 unspecified atom stereocenters. The standard InChI is InChI=1S/C39H35N5O/c45-44(38-24-28-40-29-25-38,36-20-16-31(17-21-36)30-12-14-32(15-13-30)39-41-26-7-27-42-39)37-22-18-35(19-23-37)43(33-8-3-1-4-9-33)34-10-5-2-6-11-34/h1-23,26-27,38,40H,24-25,28-29H2. The minimum atomic E-state index is -0.483. The molecule has 1 N–H and O–H groups in total. The lowest BCUT2D eigenvalue weighted by molar-refractivity contribution is 0.294. The summed E-state index contributed by atoms with van der Waals surface area (Å²) in [6, 6.07) is 47.0. The summed E-state index contributed by atoms with van der Waals surface area (Å²) in [6.07, 6.45) is 5.13. The van der Waals surface area contributed by atoms with E-state index in [-0.39, 0.29) is 6.04 Å². The monoisotopic (exact) mass is 589 g/mol. The molecule has 2 heterocycles. The number of hydroxylamine groups is 1. The summed E-state index contributed by atoms with van der Waals surface area (Å²) in [5.74, 6) is 0.705. The van der Waals surface area contributed by atoms with Crippen LogP contribution in [-0.4, -0.2) is 29.1 Å². The van der Waals surface area contributed by atoms with Crippen molar-refractivity contribution >= 4 is 28.4 Å². The quantitative estimate of drug-likeness (QED) is 0.142. The van der Waals surface area contributed by atoms with E-state index in [2.05, 4.69) is 80.8 Å². The van der Waals surface area contributed by atoms with Gasteiger partial charge in [-0.2, -0.15) is 0 Å². The number of anilines is 3. The smallest absolute Gasteiger partial charge is 0.159 e. The van der Waals surface area contributed by atoms with Gasteiger partial charge in [0.2, 0.25) is 0 Å². The van der Waals surface area contributed by atoms with E-state index in [1.807, 2.05) is 78.9 Å². The third kappa shape index (κ3) is 5.87. The SMILES string of the molecule is [O-][N+](c1ccc(-c2ccc(-c3ncccn3)cc2)cc1)(c1ccc(N(c2ccccc2)c2ccccc2)cc1)C1CCNCC1. The third-order valence-corrected chi connectivity index (χ3v) is 8.64. The number of piperidine rings is 1. The minimum absolute atomic E-state index is 0.0764. The van der Waals surface area contributed by atoms with Crippen LogP contribution >= 0.6 is 0 Å². The Morgan fingerprint density at radius 3 is 1.51 bits per heavy atom. The van der Waals surface area contributed by atoms with Crippen LogP contribution in [0, 0.1) is 5.21 Å². The fraction of sp³-hybridized carbons (Fsp3) is 0.128. The van der Waals surface area contributed by atoms with Crippen molar-refractivity contribution in [1.82, 2.24) is 19.9 Å². The Morgan fingerprint density at radius 2 is 0.978 bits per heavy atom. The van der Waals surface area contributed by atoms with E-state index < -0.39 is 4.65 Å². The van der Waals surface area contributed by atoms with E-state index in [0.717, 1.165) is 71.1 Å². The molecule has 1 fully saturated rings. The molecule has 222 valence electrons. The van der Waals surface area contributed by atoms with Crippen molar-refractivity contribution in [2.24, 2.45) is 0 Å². The van der Waals surface area contributed by atoms with Gasteiger partial charge in [-0.3, -0.25) is 4.65 Å². The van der Waals surface area contributed by atoms with Crippen molar-refractivity contribution in [2.45, 2.75) is 18.9 Å². The topological polar surface area (TPSA) is 64.1 Å². The second-order valence-electron chi connectivity index (χ2n) is 11.4. The van der Waals surface area contributed by atoms with Crippen molar-refractivity contribution in [2.75, 3.05) is 18.0 Å². The zero-order valence-electron chi connectivity index (χ0n) is 25.0. The molecule has 1 aliphatic rings. The minimum Gasteiger partial charge on any atom is -0.622 e. The van der Waals surface area contributed by atoms with Crippen LogP contribution < -0.4 is 14.9 Å². The van der Waals surface area contributed by atoms with Crippen LogP contribution in [0.15, 0.2) is 152 Å². The van der Waals surface area contributed by atoms with E-state index >= 15 is 5.21 Å². The summed E-state index contributed by atoms with van der Waals surface area (Å²) in [4.78, 5) is 10.9. The lowest BCUT2D eigenvalue weighted by atomic mass is 9.99. The van der Waals surface area contributed by atoms with Crippen LogP contribution in [0.5, 0.6) is 0 Å². The number of hydrogen-bond acceptors (Lipinski definition) is 5. The summed E-state index contributed by atoms with van der Waals surface area (Å²) in [7, 11) is 0. The lowest BCUT2D eigenvalue weighted by Crippen LogP contribution is -2.52. The molecule has 0 aliphatic carbocycles. The largest absolute Gasteiger partial charge is 0.622 e. The number of nitrogens with zero attached hydrogens (tertiary/aromatic N) is 4. The zero-order valence-corrected chi connectivity index (χ0v) is 25.0. The summed E-state index contributed by atoms with van der Waals surface area (Å²) < 4.78 is -0.483. The average molecular weight is 590 g/mol. The van der Waals surface area contributed by atoms with Gasteiger partial charge < -0.3 is 15.4 Å². The van der Waals surface area contributed by atoms with Gasteiger partial charge in [0.15, 0.2) is 5.82 Å². The second-order valence-corrected chi connectivity index (χ2v) is 11.4. The predicted octanol–water partition coefficient (Wildman–Crippen LogP) is 9.17. The van der Waals surface area contributed by atoms with Crippen LogP contribution in [0.3, 0.4) is 0 Å². The van der Waals surface area contributed by atoms with Crippen molar-refractivity contribution < 1.29 is 0 Å². The summed E-state index contributed by atoms with van der Waals surface area (Å²) in [6.45, 7) is 1.69. The Kier molecular flexibility index (Phi) is 8.17. The van der Waals surface area contributed by atoms with Crippen LogP contribution in [0.25, 0.3) is 22.5 Å². The molecule has 1 aromatic heterocycles. The molecule has 0 spiro atoms. The highest BCUT2D eigenvalue weighted by atomic mass is 16.5. The van der Waals surface area contributed by atoms with Gasteiger partial charge >= 0.3 is 0 Å². The van der Waals surface area contributed by atoms with Gasteiger partial charge in [-0.1, -0.05) is 60.7 Å².